The first-order chi connectivity index (χ1) is 10.7. The zero-order valence-corrected chi connectivity index (χ0v) is 15.5. The summed E-state index contributed by atoms with van der Waals surface area (Å²) in [5.41, 5.74) is 1.54. The first-order valence-electron chi connectivity index (χ1n) is 8.15. The van der Waals surface area contributed by atoms with Crippen LogP contribution in [-0.2, 0) is 0 Å². The molecule has 4 nitrogen and oxygen atoms in total. The highest BCUT2D eigenvalue weighted by Crippen LogP contribution is 2.16. The van der Waals surface area contributed by atoms with Crippen molar-refractivity contribution < 1.29 is 4.39 Å². The fourth-order valence-corrected chi connectivity index (χ4v) is 1.90. The molecule has 1 unspecified atom stereocenters. The van der Waals surface area contributed by atoms with Gasteiger partial charge in [0.25, 0.3) is 0 Å². The Morgan fingerprint density at radius 3 is 2.52 bits per heavy atom. The second kappa shape index (κ2) is 8.29. The minimum Gasteiger partial charge on any atom is -0.357 e. The van der Waals surface area contributed by atoms with Crippen molar-refractivity contribution >= 4 is 5.96 Å². The molecule has 0 amide bonds. The van der Waals surface area contributed by atoms with E-state index in [0.29, 0.717) is 12.1 Å². The Kier molecular flexibility index (Phi) is 7.01. The summed E-state index contributed by atoms with van der Waals surface area (Å²) < 4.78 is 13.7. The molecule has 0 aliphatic carbocycles. The van der Waals surface area contributed by atoms with Crippen molar-refractivity contribution in [2.45, 2.75) is 46.2 Å². The van der Waals surface area contributed by atoms with Crippen LogP contribution in [0.3, 0.4) is 0 Å². The average Bonchev–Trinajstić information content (AvgIpc) is 2.47. The predicted molar refractivity (Wildman–Crippen MR) is 96.4 cm³/mol. The molecule has 0 saturated carbocycles. The van der Waals surface area contributed by atoms with Gasteiger partial charge in [0, 0.05) is 12.1 Å². The number of rotatable bonds is 6. The molecule has 1 aromatic carbocycles. The van der Waals surface area contributed by atoms with Crippen LogP contribution in [0.1, 0.15) is 44.9 Å². The second-order valence-corrected chi connectivity index (χ2v) is 6.78. The lowest BCUT2D eigenvalue weighted by atomic mass is 10.1. The molecule has 5 heteroatoms. The maximum Gasteiger partial charge on any atom is 0.191 e. The fraction of sp³-hybridized carbons (Fsp3) is 0.611. The number of hydrogen-bond acceptors (Lipinski definition) is 2. The fourth-order valence-electron chi connectivity index (χ4n) is 1.90. The molecule has 0 aliphatic rings. The molecule has 2 N–H and O–H groups in total. The summed E-state index contributed by atoms with van der Waals surface area (Å²) in [6.07, 6.45) is 0. The standard InChI is InChI=1S/C18H31FN4/c1-8-20-17(21-12-18(4,5)23(6)7)22-14(3)15-10-9-13(2)16(19)11-15/h9-11,14H,8,12H2,1-7H3,(H2,20,21,22). The van der Waals surface area contributed by atoms with Crippen LogP contribution in [0.5, 0.6) is 0 Å². The van der Waals surface area contributed by atoms with Crippen molar-refractivity contribution in [2.75, 3.05) is 27.2 Å². The number of aliphatic imine (C=N–C) groups is 1. The number of likely N-dealkylation sites (N-methyl/N-ethyl adjacent to an activating group) is 1. The van der Waals surface area contributed by atoms with E-state index in [1.165, 1.54) is 0 Å². The summed E-state index contributed by atoms with van der Waals surface area (Å²) in [4.78, 5) is 6.82. The largest absolute Gasteiger partial charge is 0.357 e. The van der Waals surface area contributed by atoms with Crippen molar-refractivity contribution in [1.29, 1.82) is 0 Å². The Bertz CT molecular complexity index is 538. The van der Waals surface area contributed by atoms with Crippen LogP contribution in [0.4, 0.5) is 4.39 Å². The monoisotopic (exact) mass is 322 g/mol. The molecule has 0 bridgehead atoms. The van der Waals surface area contributed by atoms with Crippen molar-refractivity contribution in [3.8, 4) is 0 Å². The van der Waals surface area contributed by atoms with Crippen molar-refractivity contribution in [1.82, 2.24) is 15.5 Å². The van der Waals surface area contributed by atoms with E-state index in [1.807, 2.05) is 40.1 Å². The van der Waals surface area contributed by atoms with Gasteiger partial charge >= 0.3 is 0 Å². The predicted octanol–water partition coefficient (Wildman–Crippen LogP) is 3.09. The van der Waals surface area contributed by atoms with Crippen molar-refractivity contribution in [3.63, 3.8) is 0 Å². The van der Waals surface area contributed by atoms with Gasteiger partial charge in [0.1, 0.15) is 5.82 Å². The van der Waals surface area contributed by atoms with E-state index in [0.717, 1.165) is 18.1 Å². The van der Waals surface area contributed by atoms with Gasteiger partial charge in [-0.25, -0.2) is 4.39 Å². The van der Waals surface area contributed by atoms with E-state index in [2.05, 4.69) is 34.4 Å². The van der Waals surface area contributed by atoms with Gasteiger partial charge in [0.15, 0.2) is 5.96 Å². The SMILES string of the molecule is CCNC(=NCC(C)(C)N(C)C)NC(C)c1ccc(C)c(F)c1. The van der Waals surface area contributed by atoms with Crippen molar-refractivity contribution in [2.24, 2.45) is 4.99 Å². The third-order valence-corrected chi connectivity index (χ3v) is 4.23. The molecule has 0 fully saturated rings. The molecule has 130 valence electrons. The number of guanidine groups is 1. The number of nitrogens with one attached hydrogen (secondary N) is 2. The summed E-state index contributed by atoms with van der Waals surface area (Å²) in [6, 6.07) is 5.32. The van der Waals surface area contributed by atoms with Crippen LogP contribution in [0, 0.1) is 12.7 Å². The quantitative estimate of drug-likeness (QED) is 0.624. The summed E-state index contributed by atoms with van der Waals surface area (Å²) in [5, 5.41) is 6.59. The first kappa shape index (κ1) is 19.4. The minimum absolute atomic E-state index is 0.0228. The van der Waals surface area contributed by atoms with Gasteiger partial charge in [-0.15, -0.1) is 0 Å². The molecular weight excluding hydrogens is 291 g/mol. The zero-order chi connectivity index (χ0) is 17.6. The Morgan fingerprint density at radius 2 is 2.00 bits per heavy atom. The van der Waals surface area contributed by atoms with Gasteiger partial charge in [-0.2, -0.15) is 0 Å². The van der Waals surface area contributed by atoms with Gasteiger partial charge in [0.05, 0.1) is 12.6 Å². The number of hydrogen-bond donors (Lipinski definition) is 2. The van der Waals surface area contributed by atoms with Gasteiger partial charge in [-0.05, 0) is 65.9 Å². The molecule has 0 aliphatic heterocycles. The third-order valence-electron chi connectivity index (χ3n) is 4.23. The summed E-state index contributed by atoms with van der Waals surface area (Å²) in [7, 11) is 4.10. The molecule has 1 rings (SSSR count). The van der Waals surface area contributed by atoms with Gasteiger partial charge < -0.3 is 15.5 Å². The van der Waals surface area contributed by atoms with E-state index in [-0.39, 0.29) is 17.4 Å². The molecule has 0 spiro atoms. The Hall–Kier alpha value is -1.62. The number of halogens is 1. The van der Waals surface area contributed by atoms with Crippen LogP contribution < -0.4 is 10.6 Å². The van der Waals surface area contributed by atoms with Crippen molar-refractivity contribution in [3.05, 3.63) is 35.1 Å². The van der Waals surface area contributed by atoms with Gasteiger partial charge in [-0.3, -0.25) is 4.99 Å². The summed E-state index contributed by atoms with van der Waals surface area (Å²) >= 11 is 0. The highest BCUT2D eigenvalue weighted by molar-refractivity contribution is 5.80. The van der Waals surface area contributed by atoms with Crippen LogP contribution in [0.15, 0.2) is 23.2 Å². The summed E-state index contributed by atoms with van der Waals surface area (Å²) in [5.74, 6) is 0.572. The van der Waals surface area contributed by atoms with Crippen LogP contribution in [0.25, 0.3) is 0 Å². The maximum atomic E-state index is 13.7. The van der Waals surface area contributed by atoms with E-state index in [4.69, 9.17) is 0 Å². The molecular formula is C18H31FN4. The van der Waals surface area contributed by atoms with E-state index < -0.39 is 0 Å². The van der Waals surface area contributed by atoms with Crippen LogP contribution in [-0.4, -0.2) is 43.6 Å². The Morgan fingerprint density at radius 1 is 1.35 bits per heavy atom. The van der Waals surface area contributed by atoms with Crippen LogP contribution in [0.2, 0.25) is 0 Å². The maximum absolute atomic E-state index is 13.7. The molecule has 1 aromatic rings. The molecule has 0 saturated heterocycles. The van der Waals surface area contributed by atoms with E-state index in [9.17, 15) is 4.39 Å². The summed E-state index contributed by atoms with van der Waals surface area (Å²) in [6.45, 7) is 11.6. The highest BCUT2D eigenvalue weighted by Gasteiger charge is 2.20. The van der Waals surface area contributed by atoms with Gasteiger partial charge in [-0.1, -0.05) is 12.1 Å². The highest BCUT2D eigenvalue weighted by atomic mass is 19.1. The molecule has 1 atom stereocenters. The molecule has 0 heterocycles. The van der Waals surface area contributed by atoms with E-state index in [1.54, 1.807) is 13.0 Å². The molecule has 23 heavy (non-hydrogen) atoms. The Labute approximate surface area is 140 Å². The average molecular weight is 322 g/mol. The number of benzene rings is 1. The molecule has 0 radical (unpaired) electrons. The normalized spacial score (nSPS) is 14.0. The minimum atomic E-state index is -0.174. The van der Waals surface area contributed by atoms with Gasteiger partial charge in [0.2, 0.25) is 0 Å². The smallest absolute Gasteiger partial charge is 0.191 e. The first-order valence-corrected chi connectivity index (χ1v) is 8.15. The lowest BCUT2D eigenvalue weighted by Gasteiger charge is -2.31. The third kappa shape index (κ3) is 5.82. The number of aryl methyl sites for hydroxylation is 1. The lowest BCUT2D eigenvalue weighted by Crippen LogP contribution is -2.44. The number of nitrogens with zero attached hydrogens (tertiary/aromatic N) is 2. The van der Waals surface area contributed by atoms with Crippen LogP contribution >= 0.6 is 0 Å². The molecule has 0 aromatic heterocycles. The Balaban J connectivity index is 2.83. The zero-order valence-electron chi connectivity index (χ0n) is 15.5. The lowest BCUT2D eigenvalue weighted by molar-refractivity contribution is 0.204. The topological polar surface area (TPSA) is 39.7 Å². The second-order valence-electron chi connectivity index (χ2n) is 6.78. The van der Waals surface area contributed by atoms with E-state index >= 15 is 0 Å².